The fourth-order valence-corrected chi connectivity index (χ4v) is 2.63. The van der Waals surface area contributed by atoms with E-state index in [0.29, 0.717) is 13.0 Å². The van der Waals surface area contributed by atoms with Crippen molar-refractivity contribution in [2.24, 2.45) is 16.3 Å². The number of carbonyl (C=O) groups is 1. The molecule has 1 aliphatic heterocycles. The fraction of sp³-hybridized carbons (Fsp3) is 0.818. The molecule has 1 aliphatic carbocycles. The van der Waals surface area contributed by atoms with Gasteiger partial charge in [0.2, 0.25) is 0 Å². The van der Waals surface area contributed by atoms with E-state index in [0.717, 1.165) is 25.0 Å². The first-order valence-corrected chi connectivity index (χ1v) is 5.70. The highest BCUT2D eigenvalue weighted by atomic mass is 16.7. The summed E-state index contributed by atoms with van der Waals surface area (Å²) in [5.74, 6) is -0.229. The Morgan fingerprint density at radius 3 is 2.60 bits per heavy atom. The molecule has 0 bridgehead atoms. The minimum absolute atomic E-state index is 0.186. The maximum Gasteiger partial charge on any atom is 0.340 e. The van der Waals surface area contributed by atoms with Gasteiger partial charge in [-0.05, 0) is 31.2 Å². The molecular weight excluding hydrogens is 192 g/mol. The number of rotatable bonds is 3. The Morgan fingerprint density at radius 2 is 2.07 bits per heavy atom. The molecule has 2 N–H and O–H groups in total. The monoisotopic (exact) mass is 210 g/mol. The van der Waals surface area contributed by atoms with Crippen molar-refractivity contribution in [1.29, 1.82) is 0 Å². The molecule has 0 aromatic carbocycles. The van der Waals surface area contributed by atoms with Crippen LogP contribution in [0.15, 0.2) is 5.16 Å². The molecular formula is C11H18N2O2. The standard InChI is InChI=1S/C11H18N2O2/c12-8-11(4-2-1-3-5-11)7-9-6-10(14)15-13-9/h1-8,12H2. The van der Waals surface area contributed by atoms with Crippen LogP contribution in [0.5, 0.6) is 0 Å². The summed E-state index contributed by atoms with van der Waals surface area (Å²) in [7, 11) is 0. The average molecular weight is 210 g/mol. The largest absolute Gasteiger partial charge is 0.340 e. The van der Waals surface area contributed by atoms with Gasteiger partial charge in [0, 0.05) is 0 Å². The third-order valence-electron chi connectivity index (χ3n) is 3.55. The summed E-state index contributed by atoms with van der Waals surface area (Å²) >= 11 is 0. The van der Waals surface area contributed by atoms with Gasteiger partial charge in [-0.1, -0.05) is 24.4 Å². The lowest BCUT2D eigenvalue weighted by atomic mass is 9.70. The Hall–Kier alpha value is -0.900. The normalized spacial score (nSPS) is 24.9. The van der Waals surface area contributed by atoms with Crippen molar-refractivity contribution in [1.82, 2.24) is 0 Å². The van der Waals surface area contributed by atoms with Gasteiger partial charge < -0.3 is 10.6 Å². The number of hydrogen-bond donors (Lipinski definition) is 1. The molecule has 0 aromatic heterocycles. The zero-order valence-electron chi connectivity index (χ0n) is 9.00. The molecule has 1 fully saturated rings. The number of nitrogens with two attached hydrogens (primary N) is 1. The van der Waals surface area contributed by atoms with E-state index in [1.807, 2.05) is 0 Å². The van der Waals surface area contributed by atoms with E-state index in [-0.39, 0.29) is 11.4 Å². The molecule has 0 radical (unpaired) electrons. The van der Waals surface area contributed by atoms with Crippen LogP contribution in [0.25, 0.3) is 0 Å². The summed E-state index contributed by atoms with van der Waals surface area (Å²) in [5.41, 5.74) is 6.94. The first kappa shape index (κ1) is 10.6. The zero-order valence-corrected chi connectivity index (χ0v) is 9.00. The molecule has 0 spiro atoms. The third-order valence-corrected chi connectivity index (χ3v) is 3.55. The molecule has 15 heavy (non-hydrogen) atoms. The summed E-state index contributed by atoms with van der Waals surface area (Å²) in [6.45, 7) is 0.695. The third kappa shape index (κ3) is 2.37. The van der Waals surface area contributed by atoms with Crippen molar-refractivity contribution >= 4 is 11.7 Å². The van der Waals surface area contributed by atoms with Crippen molar-refractivity contribution in [2.45, 2.75) is 44.9 Å². The molecule has 2 rings (SSSR count). The van der Waals surface area contributed by atoms with E-state index in [1.165, 1.54) is 19.3 Å². The minimum atomic E-state index is -0.229. The highest BCUT2D eigenvalue weighted by molar-refractivity contribution is 6.02. The van der Waals surface area contributed by atoms with E-state index in [1.54, 1.807) is 0 Å². The summed E-state index contributed by atoms with van der Waals surface area (Å²) in [4.78, 5) is 15.5. The molecule has 0 aromatic rings. The molecule has 4 nitrogen and oxygen atoms in total. The number of hydrogen-bond acceptors (Lipinski definition) is 4. The molecule has 1 saturated carbocycles. The quantitative estimate of drug-likeness (QED) is 0.719. The molecule has 84 valence electrons. The van der Waals surface area contributed by atoms with Crippen LogP contribution >= 0.6 is 0 Å². The summed E-state index contributed by atoms with van der Waals surface area (Å²) in [6.07, 6.45) is 7.34. The van der Waals surface area contributed by atoms with E-state index in [2.05, 4.69) is 9.99 Å². The zero-order chi connectivity index (χ0) is 10.7. The number of nitrogens with zero attached hydrogens (tertiary/aromatic N) is 1. The van der Waals surface area contributed by atoms with Gasteiger partial charge in [0.15, 0.2) is 0 Å². The van der Waals surface area contributed by atoms with Crippen LogP contribution in [0.4, 0.5) is 0 Å². The average Bonchev–Trinajstić information content (AvgIpc) is 2.65. The lowest BCUT2D eigenvalue weighted by Crippen LogP contribution is -2.34. The van der Waals surface area contributed by atoms with Gasteiger partial charge in [0.05, 0.1) is 12.1 Å². The lowest BCUT2D eigenvalue weighted by molar-refractivity contribution is -0.140. The molecule has 0 amide bonds. The Labute approximate surface area is 89.8 Å². The van der Waals surface area contributed by atoms with Crippen LogP contribution in [0, 0.1) is 5.41 Å². The topological polar surface area (TPSA) is 64.7 Å². The van der Waals surface area contributed by atoms with Gasteiger partial charge in [-0.2, -0.15) is 0 Å². The maximum absolute atomic E-state index is 10.9. The predicted octanol–water partition coefficient (Wildman–Crippen LogP) is 1.59. The molecule has 0 saturated heterocycles. The van der Waals surface area contributed by atoms with E-state index in [9.17, 15) is 4.79 Å². The second-order valence-corrected chi connectivity index (χ2v) is 4.74. The molecule has 2 aliphatic rings. The first-order valence-electron chi connectivity index (χ1n) is 5.70. The maximum atomic E-state index is 10.9. The lowest BCUT2D eigenvalue weighted by Gasteiger charge is -2.35. The van der Waals surface area contributed by atoms with Crippen LogP contribution in [0.2, 0.25) is 0 Å². The summed E-state index contributed by atoms with van der Waals surface area (Å²) in [5, 5.41) is 3.82. The molecule has 0 unspecified atom stereocenters. The van der Waals surface area contributed by atoms with Crippen LogP contribution in [-0.2, 0) is 9.63 Å². The van der Waals surface area contributed by atoms with E-state index in [4.69, 9.17) is 5.73 Å². The van der Waals surface area contributed by atoms with Crippen LogP contribution in [0.1, 0.15) is 44.9 Å². The smallest absolute Gasteiger partial charge is 0.330 e. The second-order valence-electron chi connectivity index (χ2n) is 4.74. The molecule has 0 atom stereocenters. The number of oxime groups is 1. The Bertz CT molecular complexity index is 280. The number of carbonyl (C=O) groups excluding carboxylic acids is 1. The van der Waals surface area contributed by atoms with Gasteiger partial charge in [0.1, 0.15) is 0 Å². The van der Waals surface area contributed by atoms with Gasteiger partial charge in [-0.3, -0.25) is 0 Å². The van der Waals surface area contributed by atoms with Gasteiger partial charge in [-0.25, -0.2) is 4.79 Å². The van der Waals surface area contributed by atoms with Crippen molar-refractivity contribution in [2.75, 3.05) is 6.54 Å². The minimum Gasteiger partial charge on any atom is -0.330 e. The Morgan fingerprint density at radius 1 is 1.33 bits per heavy atom. The van der Waals surface area contributed by atoms with Gasteiger partial charge in [0.25, 0.3) is 0 Å². The Kier molecular flexibility index (Phi) is 3.05. The first-order chi connectivity index (χ1) is 7.24. The predicted molar refractivity (Wildman–Crippen MR) is 57.3 cm³/mol. The second kappa shape index (κ2) is 4.31. The van der Waals surface area contributed by atoms with Crippen LogP contribution < -0.4 is 5.73 Å². The molecule has 4 heteroatoms. The van der Waals surface area contributed by atoms with Crippen molar-refractivity contribution in [3.8, 4) is 0 Å². The van der Waals surface area contributed by atoms with Gasteiger partial charge >= 0.3 is 5.97 Å². The van der Waals surface area contributed by atoms with Crippen molar-refractivity contribution in [3.63, 3.8) is 0 Å². The molecule has 1 heterocycles. The van der Waals surface area contributed by atoms with Gasteiger partial charge in [-0.15, -0.1) is 0 Å². The SMILES string of the molecule is NCC1(CC2=NOC(=O)C2)CCCCC1. The van der Waals surface area contributed by atoms with E-state index < -0.39 is 0 Å². The highest BCUT2D eigenvalue weighted by Crippen LogP contribution is 2.39. The van der Waals surface area contributed by atoms with Crippen molar-refractivity contribution < 1.29 is 9.63 Å². The summed E-state index contributed by atoms with van der Waals surface area (Å²) < 4.78 is 0. The fourth-order valence-electron chi connectivity index (χ4n) is 2.63. The van der Waals surface area contributed by atoms with E-state index >= 15 is 0 Å². The van der Waals surface area contributed by atoms with Crippen molar-refractivity contribution in [3.05, 3.63) is 0 Å². The Balaban J connectivity index is 1.98. The van der Waals surface area contributed by atoms with Crippen LogP contribution in [-0.4, -0.2) is 18.2 Å². The van der Waals surface area contributed by atoms with Crippen LogP contribution in [0.3, 0.4) is 0 Å². The highest BCUT2D eigenvalue weighted by Gasteiger charge is 2.34. The summed E-state index contributed by atoms with van der Waals surface area (Å²) in [6, 6.07) is 0.